The summed E-state index contributed by atoms with van der Waals surface area (Å²) in [5.41, 5.74) is 0. The second kappa shape index (κ2) is 14.5. The molecule has 0 rings (SSSR count). The summed E-state index contributed by atoms with van der Waals surface area (Å²) in [5, 5.41) is 0. The molecule has 0 aromatic carbocycles. The normalized spacial score (nSPS) is 12.0. The van der Waals surface area contributed by atoms with Crippen molar-refractivity contribution in [1.82, 2.24) is 0 Å². The standard InChI is InChI=1S/C12H26Cl2O5Si/c1-3-15-8-10-18-20(12-6-14,17-7-5-13)19-11-9-16-4-2/h3-12H2,1-2H3. The van der Waals surface area contributed by atoms with Gasteiger partial charge in [-0.3, -0.25) is 0 Å². The van der Waals surface area contributed by atoms with Crippen LogP contribution in [0.1, 0.15) is 13.8 Å². The summed E-state index contributed by atoms with van der Waals surface area (Å²) in [6.45, 7) is 7.43. The Morgan fingerprint density at radius 2 is 1.20 bits per heavy atom. The smallest absolute Gasteiger partial charge is 0.379 e. The molecule has 0 aromatic rings. The van der Waals surface area contributed by atoms with Gasteiger partial charge in [0.25, 0.3) is 0 Å². The Morgan fingerprint density at radius 1 is 0.700 bits per heavy atom. The van der Waals surface area contributed by atoms with Gasteiger partial charge in [-0.25, -0.2) is 0 Å². The minimum Gasteiger partial charge on any atom is -0.379 e. The van der Waals surface area contributed by atoms with Crippen LogP contribution in [0.15, 0.2) is 0 Å². The Labute approximate surface area is 133 Å². The van der Waals surface area contributed by atoms with Crippen molar-refractivity contribution in [2.45, 2.75) is 19.9 Å². The molecule has 0 amide bonds. The topological polar surface area (TPSA) is 46.2 Å². The molecule has 122 valence electrons. The maximum atomic E-state index is 5.84. The van der Waals surface area contributed by atoms with Gasteiger partial charge in [0.1, 0.15) is 0 Å². The maximum Gasteiger partial charge on any atom is 0.502 e. The SMILES string of the molecule is CCOCCO[Si](CCCl)(OCCCl)OCCOCC. The van der Waals surface area contributed by atoms with E-state index in [1.807, 2.05) is 13.8 Å². The Hall–Kier alpha value is 0.597. The van der Waals surface area contributed by atoms with Crippen molar-refractivity contribution in [3.63, 3.8) is 0 Å². The van der Waals surface area contributed by atoms with E-state index in [4.69, 9.17) is 46.0 Å². The first-order valence-corrected chi connectivity index (χ1v) is 9.94. The molecule has 8 heteroatoms. The molecular weight excluding hydrogens is 323 g/mol. The van der Waals surface area contributed by atoms with Crippen LogP contribution in [0.5, 0.6) is 0 Å². The number of hydrogen-bond donors (Lipinski definition) is 0. The van der Waals surface area contributed by atoms with E-state index in [0.717, 1.165) is 0 Å². The molecule has 0 aliphatic carbocycles. The first-order valence-electron chi connectivity index (χ1n) is 6.94. The second-order valence-electron chi connectivity index (χ2n) is 3.75. The minimum absolute atomic E-state index is 0.383. The van der Waals surface area contributed by atoms with Gasteiger partial charge in [0, 0.05) is 31.0 Å². The predicted molar refractivity (Wildman–Crippen MR) is 82.8 cm³/mol. The van der Waals surface area contributed by atoms with Crippen LogP contribution in [0, 0.1) is 0 Å². The Morgan fingerprint density at radius 3 is 1.60 bits per heavy atom. The number of hydrogen-bond acceptors (Lipinski definition) is 5. The van der Waals surface area contributed by atoms with Crippen LogP contribution in [0.2, 0.25) is 6.04 Å². The molecule has 5 nitrogen and oxygen atoms in total. The number of ether oxygens (including phenoxy) is 2. The third-order valence-electron chi connectivity index (χ3n) is 2.31. The molecule has 0 atom stereocenters. The molecule has 0 spiro atoms. The largest absolute Gasteiger partial charge is 0.502 e. The molecule has 0 bridgehead atoms. The Bertz CT molecular complexity index is 200. The van der Waals surface area contributed by atoms with E-state index in [9.17, 15) is 0 Å². The van der Waals surface area contributed by atoms with Gasteiger partial charge in [0.2, 0.25) is 0 Å². The summed E-state index contributed by atoms with van der Waals surface area (Å²) in [7, 11) is -2.79. The van der Waals surface area contributed by atoms with Crippen molar-refractivity contribution in [1.29, 1.82) is 0 Å². The lowest BCUT2D eigenvalue weighted by Gasteiger charge is -2.29. The molecule has 0 fully saturated rings. The highest BCUT2D eigenvalue weighted by atomic mass is 35.5. The van der Waals surface area contributed by atoms with E-state index < -0.39 is 8.80 Å². The van der Waals surface area contributed by atoms with Crippen LogP contribution in [0.4, 0.5) is 0 Å². The quantitative estimate of drug-likeness (QED) is 0.258. The van der Waals surface area contributed by atoms with Crippen molar-refractivity contribution in [3.8, 4) is 0 Å². The highest BCUT2D eigenvalue weighted by Gasteiger charge is 2.40. The average molecular weight is 349 g/mol. The molecule has 0 saturated heterocycles. The van der Waals surface area contributed by atoms with Crippen LogP contribution in [-0.2, 0) is 22.8 Å². The number of alkyl halides is 2. The van der Waals surface area contributed by atoms with Gasteiger partial charge in [-0.05, 0) is 13.8 Å². The van der Waals surface area contributed by atoms with Crippen molar-refractivity contribution in [2.24, 2.45) is 0 Å². The molecule has 20 heavy (non-hydrogen) atoms. The fourth-order valence-corrected chi connectivity index (χ4v) is 4.47. The Kier molecular flexibility index (Phi) is 15.0. The van der Waals surface area contributed by atoms with E-state index in [2.05, 4.69) is 0 Å². The van der Waals surface area contributed by atoms with Crippen LogP contribution >= 0.6 is 23.2 Å². The summed E-state index contributed by atoms with van der Waals surface area (Å²) in [6.07, 6.45) is 0. The van der Waals surface area contributed by atoms with Crippen molar-refractivity contribution in [2.75, 3.05) is 58.0 Å². The highest BCUT2D eigenvalue weighted by molar-refractivity contribution is 6.61. The van der Waals surface area contributed by atoms with Crippen LogP contribution in [0.3, 0.4) is 0 Å². The molecule has 0 aliphatic heterocycles. The van der Waals surface area contributed by atoms with Crippen LogP contribution in [-0.4, -0.2) is 66.8 Å². The molecule has 0 aromatic heterocycles. The van der Waals surface area contributed by atoms with Gasteiger partial charge in [-0.15, -0.1) is 23.2 Å². The van der Waals surface area contributed by atoms with Gasteiger partial charge in [0.15, 0.2) is 0 Å². The fourth-order valence-electron chi connectivity index (χ4n) is 1.45. The van der Waals surface area contributed by atoms with Crippen molar-refractivity contribution >= 4 is 32.0 Å². The molecular formula is C12H26Cl2O5Si. The summed E-state index contributed by atoms with van der Waals surface area (Å²) in [6, 6.07) is 0.545. The van der Waals surface area contributed by atoms with E-state index in [1.54, 1.807) is 0 Å². The summed E-state index contributed by atoms with van der Waals surface area (Å²) in [4.78, 5) is 0. The molecule has 0 saturated carbocycles. The van der Waals surface area contributed by atoms with Gasteiger partial charge >= 0.3 is 8.80 Å². The zero-order valence-electron chi connectivity index (χ0n) is 12.4. The number of rotatable bonds is 15. The van der Waals surface area contributed by atoms with Crippen molar-refractivity contribution in [3.05, 3.63) is 0 Å². The lowest BCUT2D eigenvalue weighted by molar-refractivity contribution is 0.0188. The lowest BCUT2D eigenvalue weighted by Crippen LogP contribution is -2.48. The first kappa shape index (κ1) is 20.6. The van der Waals surface area contributed by atoms with Gasteiger partial charge in [-0.2, -0.15) is 0 Å². The van der Waals surface area contributed by atoms with Crippen LogP contribution in [0.25, 0.3) is 0 Å². The molecule has 0 aliphatic rings. The highest BCUT2D eigenvalue weighted by Crippen LogP contribution is 2.17. The Balaban J connectivity index is 4.32. The van der Waals surface area contributed by atoms with Gasteiger partial charge in [0.05, 0.1) is 33.0 Å². The molecule has 0 N–H and O–H groups in total. The zero-order chi connectivity index (χ0) is 15.1. The van der Waals surface area contributed by atoms with E-state index >= 15 is 0 Å². The summed E-state index contributed by atoms with van der Waals surface area (Å²) < 4.78 is 27.9. The van der Waals surface area contributed by atoms with E-state index in [1.165, 1.54) is 0 Å². The number of halogens is 2. The second-order valence-corrected chi connectivity index (χ2v) is 7.24. The third-order valence-corrected chi connectivity index (χ3v) is 5.76. The maximum absolute atomic E-state index is 5.84. The minimum atomic E-state index is -2.79. The van der Waals surface area contributed by atoms with E-state index in [-0.39, 0.29) is 0 Å². The molecule has 0 unspecified atom stereocenters. The lowest BCUT2D eigenvalue weighted by atomic mass is 10.8. The summed E-state index contributed by atoms with van der Waals surface area (Å²) in [5.74, 6) is 0.804. The molecule has 0 heterocycles. The monoisotopic (exact) mass is 348 g/mol. The fraction of sp³-hybridized carbons (Fsp3) is 1.00. The zero-order valence-corrected chi connectivity index (χ0v) is 14.9. The predicted octanol–water partition coefficient (Wildman–Crippen LogP) is 2.53. The van der Waals surface area contributed by atoms with Crippen molar-refractivity contribution < 1.29 is 22.8 Å². The third kappa shape index (κ3) is 10.3. The van der Waals surface area contributed by atoms with Gasteiger partial charge in [-0.1, -0.05) is 0 Å². The van der Waals surface area contributed by atoms with Gasteiger partial charge < -0.3 is 22.8 Å². The van der Waals surface area contributed by atoms with Crippen LogP contribution < -0.4 is 0 Å². The first-order chi connectivity index (χ1) is 9.74. The van der Waals surface area contributed by atoms with E-state index in [0.29, 0.717) is 64.1 Å². The summed E-state index contributed by atoms with van der Waals surface area (Å²) >= 11 is 11.5. The average Bonchev–Trinajstić information content (AvgIpc) is 2.46. The molecule has 0 radical (unpaired) electrons.